The number of Topliss-reactive ketones (excluding diaryl/α,β-unsaturated/α-hetero) is 1. The number of ether oxygens (including phenoxy) is 1. The lowest BCUT2D eigenvalue weighted by Crippen LogP contribution is -2.13. The summed E-state index contributed by atoms with van der Waals surface area (Å²) in [6, 6.07) is 12.8. The van der Waals surface area contributed by atoms with Crippen LogP contribution in [0.2, 0.25) is 0 Å². The monoisotopic (exact) mass is 407 g/mol. The average molecular weight is 407 g/mol. The van der Waals surface area contributed by atoms with E-state index in [0.29, 0.717) is 16.9 Å². The maximum absolute atomic E-state index is 12.8. The normalized spacial score (nSPS) is 11.1. The molecule has 1 aromatic carbocycles. The molecule has 3 heterocycles. The van der Waals surface area contributed by atoms with Gasteiger partial charge in [0.05, 0.1) is 6.54 Å². The van der Waals surface area contributed by atoms with Crippen molar-refractivity contribution in [1.29, 1.82) is 0 Å². The van der Waals surface area contributed by atoms with Gasteiger partial charge in [-0.1, -0.05) is 6.07 Å². The maximum atomic E-state index is 12.8. The first kappa shape index (κ1) is 19.2. The van der Waals surface area contributed by atoms with E-state index in [0.717, 1.165) is 28.9 Å². The molecule has 0 aliphatic heterocycles. The van der Waals surface area contributed by atoms with Gasteiger partial charge in [0.2, 0.25) is 5.78 Å². The molecule has 29 heavy (non-hydrogen) atoms. The highest BCUT2D eigenvalue weighted by molar-refractivity contribution is 7.09. The molecule has 0 saturated heterocycles. The van der Waals surface area contributed by atoms with Crippen LogP contribution in [0.4, 0.5) is 0 Å². The van der Waals surface area contributed by atoms with Crippen molar-refractivity contribution in [3.8, 4) is 5.75 Å². The number of rotatable bonds is 6. The van der Waals surface area contributed by atoms with Crippen LogP contribution in [0.25, 0.3) is 11.0 Å². The molecule has 5 nitrogen and oxygen atoms in total. The second kappa shape index (κ2) is 7.72. The van der Waals surface area contributed by atoms with E-state index in [1.807, 2.05) is 39.0 Å². The van der Waals surface area contributed by atoms with Crippen LogP contribution in [0.3, 0.4) is 0 Å². The third kappa shape index (κ3) is 3.89. The molecule has 0 aliphatic carbocycles. The molecule has 0 bridgehead atoms. The number of hydrogen-bond donors (Lipinski definition) is 0. The molecule has 0 saturated carbocycles. The highest BCUT2D eigenvalue weighted by Gasteiger charge is 2.17. The first-order chi connectivity index (χ1) is 13.9. The Morgan fingerprint density at radius 1 is 1.14 bits per heavy atom. The molecule has 6 heteroatoms. The molecule has 4 aromatic rings. The predicted octanol–water partition coefficient (Wildman–Crippen LogP) is 4.89. The van der Waals surface area contributed by atoms with E-state index >= 15 is 0 Å². The van der Waals surface area contributed by atoms with Gasteiger partial charge in [0, 0.05) is 39.3 Å². The topological polar surface area (TPSA) is 61.4 Å². The Kier molecular flexibility index (Phi) is 5.11. The fraction of sp³-hybridized carbons (Fsp3) is 0.217. The van der Waals surface area contributed by atoms with Gasteiger partial charge in [-0.2, -0.15) is 0 Å². The molecule has 0 amide bonds. The zero-order valence-corrected chi connectivity index (χ0v) is 17.3. The van der Waals surface area contributed by atoms with Crippen molar-refractivity contribution < 1.29 is 13.9 Å². The molecule has 0 N–H and O–H groups in total. The first-order valence-electron chi connectivity index (χ1n) is 9.32. The van der Waals surface area contributed by atoms with Gasteiger partial charge < -0.3 is 13.7 Å². The van der Waals surface area contributed by atoms with Crippen molar-refractivity contribution >= 4 is 28.1 Å². The van der Waals surface area contributed by atoms with Crippen LogP contribution >= 0.6 is 11.3 Å². The molecule has 148 valence electrons. The highest BCUT2D eigenvalue weighted by Crippen LogP contribution is 2.23. The third-order valence-electron chi connectivity index (χ3n) is 5.06. The van der Waals surface area contributed by atoms with Gasteiger partial charge in [0.1, 0.15) is 11.3 Å². The van der Waals surface area contributed by atoms with Gasteiger partial charge in [-0.15, -0.1) is 11.3 Å². The molecule has 3 aromatic heterocycles. The number of aromatic nitrogens is 1. The zero-order chi connectivity index (χ0) is 20.5. The number of nitrogens with zero attached hydrogens (tertiary/aromatic N) is 1. The number of ketones is 1. The van der Waals surface area contributed by atoms with Crippen LogP contribution in [0.15, 0.2) is 57.1 Å². The van der Waals surface area contributed by atoms with E-state index < -0.39 is 5.63 Å². The van der Waals surface area contributed by atoms with E-state index in [-0.39, 0.29) is 12.4 Å². The fourth-order valence-electron chi connectivity index (χ4n) is 3.51. The van der Waals surface area contributed by atoms with Gasteiger partial charge in [-0.25, -0.2) is 4.79 Å². The first-order valence-corrected chi connectivity index (χ1v) is 10.2. The van der Waals surface area contributed by atoms with Crippen molar-refractivity contribution in [3.05, 3.63) is 85.7 Å². The van der Waals surface area contributed by atoms with E-state index in [2.05, 4.69) is 16.0 Å². The summed E-state index contributed by atoms with van der Waals surface area (Å²) in [7, 11) is 0. The summed E-state index contributed by atoms with van der Waals surface area (Å²) >= 11 is 1.70. The van der Waals surface area contributed by atoms with E-state index in [1.54, 1.807) is 23.5 Å². The van der Waals surface area contributed by atoms with Crippen molar-refractivity contribution in [2.75, 3.05) is 6.61 Å². The number of carbonyl (C=O) groups excluding carboxylic acids is 1. The van der Waals surface area contributed by atoms with Gasteiger partial charge in [-0.05, 0) is 56.0 Å². The standard InChI is InChI=1S/C23H21NO4S/c1-14-9-23(26)28-22-11-17(6-7-19(14)22)27-13-21(25)20-10-15(2)24(16(20)3)12-18-5-4-8-29-18/h4-11H,12-13H2,1-3H3. The summed E-state index contributed by atoms with van der Waals surface area (Å²) in [5.74, 6) is 0.410. The van der Waals surface area contributed by atoms with Crippen LogP contribution < -0.4 is 10.4 Å². The summed E-state index contributed by atoms with van der Waals surface area (Å²) in [5.41, 5.74) is 3.54. The third-order valence-corrected chi connectivity index (χ3v) is 5.92. The molecule has 0 radical (unpaired) electrons. The van der Waals surface area contributed by atoms with E-state index in [1.165, 1.54) is 10.9 Å². The van der Waals surface area contributed by atoms with Crippen LogP contribution in [0.5, 0.6) is 5.75 Å². The molecular formula is C23H21NO4S. The number of benzene rings is 1. The molecule has 0 fully saturated rings. The Balaban J connectivity index is 1.51. The Hall–Kier alpha value is -3.12. The van der Waals surface area contributed by atoms with Crippen LogP contribution in [-0.4, -0.2) is 17.0 Å². The zero-order valence-electron chi connectivity index (χ0n) is 16.5. The molecule has 0 atom stereocenters. The predicted molar refractivity (Wildman–Crippen MR) is 114 cm³/mol. The van der Waals surface area contributed by atoms with Crippen molar-refractivity contribution in [1.82, 2.24) is 4.57 Å². The Morgan fingerprint density at radius 2 is 1.97 bits per heavy atom. The Bertz CT molecular complexity index is 1250. The number of thiophene rings is 1. The lowest BCUT2D eigenvalue weighted by Gasteiger charge is -2.09. The number of aryl methyl sites for hydroxylation is 2. The molecule has 0 aliphatic rings. The second-order valence-electron chi connectivity index (χ2n) is 7.07. The number of fused-ring (bicyclic) bond motifs is 1. The summed E-state index contributed by atoms with van der Waals surface area (Å²) in [6.07, 6.45) is 0. The summed E-state index contributed by atoms with van der Waals surface area (Å²) in [6.45, 7) is 6.50. The van der Waals surface area contributed by atoms with Gasteiger partial charge >= 0.3 is 5.63 Å². The quantitative estimate of drug-likeness (QED) is 0.337. The van der Waals surface area contributed by atoms with E-state index in [4.69, 9.17) is 9.15 Å². The second-order valence-corrected chi connectivity index (χ2v) is 8.10. The van der Waals surface area contributed by atoms with Crippen LogP contribution in [-0.2, 0) is 6.54 Å². The lowest BCUT2D eigenvalue weighted by atomic mass is 10.1. The van der Waals surface area contributed by atoms with Gasteiger partial charge in [-0.3, -0.25) is 4.79 Å². The largest absolute Gasteiger partial charge is 0.485 e. The smallest absolute Gasteiger partial charge is 0.336 e. The van der Waals surface area contributed by atoms with E-state index in [9.17, 15) is 9.59 Å². The van der Waals surface area contributed by atoms with Crippen molar-refractivity contribution in [2.45, 2.75) is 27.3 Å². The Morgan fingerprint density at radius 3 is 2.72 bits per heavy atom. The minimum atomic E-state index is -0.401. The minimum absolute atomic E-state index is 0.0785. The molecular weight excluding hydrogens is 386 g/mol. The van der Waals surface area contributed by atoms with Crippen LogP contribution in [0.1, 0.15) is 32.2 Å². The lowest BCUT2D eigenvalue weighted by molar-refractivity contribution is 0.0921. The van der Waals surface area contributed by atoms with Gasteiger partial charge in [0.25, 0.3) is 0 Å². The Labute approximate surface area is 172 Å². The number of carbonyl (C=O) groups is 1. The average Bonchev–Trinajstić information content (AvgIpc) is 3.29. The molecule has 4 rings (SSSR count). The molecule has 0 unspecified atom stereocenters. The summed E-state index contributed by atoms with van der Waals surface area (Å²) in [5, 5.41) is 2.90. The number of hydrogen-bond acceptors (Lipinski definition) is 5. The SMILES string of the molecule is Cc1cc(=O)oc2cc(OCC(=O)c3cc(C)n(Cc4cccs4)c3C)ccc12. The van der Waals surface area contributed by atoms with Crippen LogP contribution in [0, 0.1) is 20.8 Å². The minimum Gasteiger partial charge on any atom is -0.485 e. The summed E-state index contributed by atoms with van der Waals surface area (Å²) in [4.78, 5) is 25.6. The highest BCUT2D eigenvalue weighted by atomic mass is 32.1. The maximum Gasteiger partial charge on any atom is 0.336 e. The fourth-order valence-corrected chi connectivity index (χ4v) is 4.20. The van der Waals surface area contributed by atoms with Crippen molar-refractivity contribution in [2.24, 2.45) is 0 Å². The van der Waals surface area contributed by atoms with Gasteiger partial charge in [0.15, 0.2) is 6.61 Å². The molecule has 0 spiro atoms. The summed E-state index contributed by atoms with van der Waals surface area (Å²) < 4.78 is 13.1. The van der Waals surface area contributed by atoms with Crippen molar-refractivity contribution in [3.63, 3.8) is 0 Å².